The first-order valence-electron chi connectivity index (χ1n) is 7.04. The summed E-state index contributed by atoms with van der Waals surface area (Å²) >= 11 is 5.06. The molecule has 0 aromatic carbocycles. The maximum atomic E-state index is 5.80. The van der Waals surface area contributed by atoms with Crippen molar-refractivity contribution in [2.75, 3.05) is 39.3 Å². The van der Waals surface area contributed by atoms with Crippen LogP contribution in [0.4, 0.5) is 0 Å². The van der Waals surface area contributed by atoms with Crippen molar-refractivity contribution < 1.29 is 4.74 Å². The summed E-state index contributed by atoms with van der Waals surface area (Å²) in [6.07, 6.45) is 4.24. The molecule has 2 aliphatic heterocycles. The average Bonchev–Trinajstić information content (AvgIpc) is 2.40. The Morgan fingerprint density at radius 3 is 2.61 bits per heavy atom. The van der Waals surface area contributed by atoms with Gasteiger partial charge in [-0.05, 0) is 26.2 Å². The molecule has 0 aromatic rings. The number of piperazine rings is 1. The molecule has 2 heterocycles. The van der Waals surface area contributed by atoms with Crippen LogP contribution >= 0.6 is 12.2 Å². The lowest BCUT2D eigenvalue weighted by atomic mass is 10.1. The van der Waals surface area contributed by atoms with E-state index in [1.54, 1.807) is 0 Å². The van der Waals surface area contributed by atoms with Crippen molar-refractivity contribution in [3.8, 4) is 0 Å². The maximum absolute atomic E-state index is 5.80. The Balaban J connectivity index is 1.71. The van der Waals surface area contributed by atoms with Crippen LogP contribution in [0.5, 0.6) is 0 Å². The van der Waals surface area contributed by atoms with Gasteiger partial charge >= 0.3 is 0 Å². The zero-order chi connectivity index (χ0) is 13.0. The summed E-state index contributed by atoms with van der Waals surface area (Å²) in [7, 11) is 0. The highest BCUT2D eigenvalue weighted by molar-refractivity contribution is 7.80. The molecule has 4 nitrogen and oxygen atoms in total. The zero-order valence-electron chi connectivity index (χ0n) is 11.3. The lowest BCUT2D eigenvalue weighted by Gasteiger charge is -2.39. The van der Waals surface area contributed by atoms with E-state index in [1.807, 2.05) is 0 Å². The van der Waals surface area contributed by atoms with Crippen LogP contribution in [0.25, 0.3) is 0 Å². The molecule has 18 heavy (non-hydrogen) atoms. The van der Waals surface area contributed by atoms with Gasteiger partial charge in [0.1, 0.15) is 0 Å². The summed E-state index contributed by atoms with van der Waals surface area (Å²) in [5.41, 5.74) is 5.71. The molecular weight excluding hydrogens is 246 g/mol. The standard InChI is InChI=1S/C13H25N3OS/c1-11(13(14)18)16-7-5-15(6-8-16)10-12-4-2-3-9-17-12/h11-12H,2-10H2,1H3,(H2,14,18). The number of rotatable bonds is 4. The van der Waals surface area contributed by atoms with Gasteiger partial charge in [0.25, 0.3) is 0 Å². The molecule has 0 spiro atoms. The van der Waals surface area contributed by atoms with E-state index in [4.69, 9.17) is 22.7 Å². The van der Waals surface area contributed by atoms with Gasteiger partial charge in [0.15, 0.2) is 0 Å². The molecule has 2 aliphatic rings. The minimum absolute atomic E-state index is 0.230. The molecule has 2 unspecified atom stereocenters. The average molecular weight is 271 g/mol. The quantitative estimate of drug-likeness (QED) is 0.768. The zero-order valence-corrected chi connectivity index (χ0v) is 12.1. The summed E-state index contributed by atoms with van der Waals surface area (Å²) in [4.78, 5) is 5.50. The number of hydrogen-bond donors (Lipinski definition) is 1. The molecule has 0 aromatic heterocycles. The molecule has 2 fully saturated rings. The predicted molar refractivity (Wildman–Crippen MR) is 77.9 cm³/mol. The first-order valence-corrected chi connectivity index (χ1v) is 7.45. The van der Waals surface area contributed by atoms with E-state index in [0.717, 1.165) is 39.3 Å². The van der Waals surface area contributed by atoms with Crippen LogP contribution in [0.3, 0.4) is 0 Å². The van der Waals surface area contributed by atoms with Crippen LogP contribution in [-0.4, -0.2) is 66.3 Å². The van der Waals surface area contributed by atoms with Gasteiger partial charge < -0.3 is 10.5 Å². The smallest absolute Gasteiger partial charge is 0.0899 e. The van der Waals surface area contributed by atoms with Crippen LogP contribution < -0.4 is 5.73 Å². The Morgan fingerprint density at radius 1 is 1.33 bits per heavy atom. The number of hydrogen-bond acceptors (Lipinski definition) is 4. The topological polar surface area (TPSA) is 41.7 Å². The van der Waals surface area contributed by atoms with Crippen molar-refractivity contribution in [3.05, 3.63) is 0 Å². The fraction of sp³-hybridized carbons (Fsp3) is 0.923. The summed E-state index contributed by atoms with van der Waals surface area (Å²) < 4.78 is 5.80. The van der Waals surface area contributed by atoms with Crippen molar-refractivity contribution in [1.82, 2.24) is 9.80 Å². The van der Waals surface area contributed by atoms with Gasteiger partial charge in [-0.15, -0.1) is 0 Å². The number of ether oxygens (including phenoxy) is 1. The van der Waals surface area contributed by atoms with Crippen molar-refractivity contribution in [1.29, 1.82) is 0 Å². The fourth-order valence-corrected chi connectivity index (χ4v) is 2.90. The lowest BCUT2D eigenvalue weighted by Crippen LogP contribution is -2.54. The minimum atomic E-state index is 0.230. The van der Waals surface area contributed by atoms with Gasteiger partial charge in [-0.2, -0.15) is 0 Å². The Kier molecular flexibility index (Phi) is 5.36. The third-order valence-corrected chi connectivity index (χ3v) is 4.44. The van der Waals surface area contributed by atoms with Crippen LogP contribution in [0.2, 0.25) is 0 Å². The normalized spacial score (nSPS) is 29.1. The Bertz CT molecular complexity index is 273. The molecule has 104 valence electrons. The molecule has 0 bridgehead atoms. The molecule has 2 atom stereocenters. The van der Waals surface area contributed by atoms with Gasteiger partial charge in [-0.25, -0.2) is 0 Å². The van der Waals surface area contributed by atoms with Crippen molar-refractivity contribution in [3.63, 3.8) is 0 Å². The summed E-state index contributed by atoms with van der Waals surface area (Å²) in [6, 6.07) is 0.230. The van der Waals surface area contributed by atoms with Gasteiger partial charge in [0.05, 0.1) is 17.1 Å². The molecule has 5 heteroatoms. The van der Waals surface area contributed by atoms with Crippen LogP contribution in [0, 0.1) is 0 Å². The van der Waals surface area contributed by atoms with E-state index >= 15 is 0 Å². The van der Waals surface area contributed by atoms with Crippen LogP contribution in [-0.2, 0) is 4.74 Å². The van der Waals surface area contributed by atoms with Crippen LogP contribution in [0.1, 0.15) is 26.2 Å². The third-order valence-electron chi connectivity index (χ3n) is 4.10. The van der Waals surface area contributed by atoms with Gasteiger partial charge in [0.2, 0.25) is 0 Å². The maximum Gasteiger partial charge on any atom is 0.0899 e. The molecule has 0 radical (unpaired) electrons. The Labute approximate surface area is 115 Å². The molecule has 0 aliphatic carbocycles. The molecule has 0 saturated carbocycles. The van der Waals surface area contributed by atoms with Crippen molar-refractivity contribution >= 4 is 17.2 Å². The van der Waals surface area contributed by atoms with E-state index in [-0.39, 0.29) is 6.04 Å². The first-order chi connectivity index (χ1) is 8.66. The minimum Gasteiger partial charge on any atom is -0.392 e. The van der Waals surface area contributed by atoms with Crippen molar-refractivity contribution in [2.24, 2.45) is 5.73 Å². The Morgan fingerprint density at radius 2 is 2.06 bits per heavy atom. The number of nitrogens with two attached hydrogens (primary N) is 1. The van der Waals surface area contributed by atoms with E-state index in [9.17, 15) is 0 Å². The number of nitrogens with zero attached hydrogens (tertiary/aromatic N) is 2. The first kappa shape index (κ1) is 14.2. The third kappa shape index (κ3) is 3.88. The summed E-state index contributed by atoms with van der Waals surface area (Å²) in [5.74, 6) is 0. The summed E-state index contributed by atoms with van der Waals surface area (Å²) in [5, 5.41) is 0. The second-order valence-corrected chi connectivity index (χ2v) is 5.87. The van der Waals surface area contributed by atoms with Crippen LogP contribution in [0.15, 0.2) is 0 Å². The van der Waals surface area contributed by atoms with E-state index in [2.05, 4.69) is 16.7 Å². The number of thiocarbonyl (C=S) groups is 1. The second kappa shape index (κ2) is 6.80. The molecule has 2 rings (SSSR count). The molecule has 2 saturated heterocycles. The van der Waals surface area contributed by atoms with E-state index in [1.165, 1.54) is 19.3 Å². The van der Waals surface area contributed by atoms with E-state index < -0.39 is 0 Å². The van der Waals surface area contributed by atoms with Crippen molar-refractivity contribution in [2.45, 2.75) is 38.3 Å². The summed E-state index contributed by atoms with van der Waals surface area (Å²) in [6.45, 7) is 8.47. The Hall–Kier alpha value is -0.230. The second-order valence-electron chi connectivity index (χ2n) is 5.40. The highest BCUT2D eigenvalue weighted by atomic mass is 32.1. The lowest BCUT2D eigenvalue weighted by molar-refractivity contribution is -0.0148. The molecular formula is C13H25N3OS. The molecule has 0 amide bonds. The largest absolute Gasteiger partial charge is 0.392 e. The highest BCUT2D eigenvalue weighted by Crippen LogP contribution is 2.15. The molecule has 2 N–H and O–H groups in total. The fourth-order valence-electron chi connectivity index (χ4n) is 2.75. The predicted octanol–water partition coefficient (Wildman–Crippen LogP) is 0.848. The SMILES string of the molecule is CC(C(N)=S)N1CCN(CC2CCCCO2)CC1. The van der Waals surface area contributed by atoms with E-state index in [0.29, 0.717) is 11.1 Å². The van der Waals surface area contributed by atoms with Gasteiger partial charge in [-0.1, -0.05) is 12.2 Å². The van der Waals surface area contributed by atoms with Gasteiger partial charge in [-0.3, -0.25) is 9.80 Å². The van der Waals surface area contributed by atoms with Gasteiger partial charge in [0, 0.05) is 39.3 Å². The highest BCUT2D eigenvalue weighted by Gasteiger charge is 2.24. The monoisotopic (exact) mass is 271 g/mol.